The summed E-state index contributed by atoms with van der Waals surface area (Å²) in [5, 5.41) is 3.92. The summed E-state index contributed by atoms with van der Waals surface area (Å²) >= 11 is 0. The zero-order valence-electron chi connectivity index (χ0n) is 11.9. The van der Waals surface area contributed by atoms with E-state index < -0.39 is 0 Å². The molecule has 0 fully saturated rings. The van der Waals surface area contributed by atoms with Gasteiger partial charge in [0, 0.05) is 25.2 Å². The molecule has 0 amide bonds. The standard InChI is InChI=1S/C16H17NO4/c1-19-10-14-8-12(17-21-14)9-20-13-5-6-15-11(7-13)3-2-4-16(15)18/h5-8H,2-4,9-10H2,1H3. The van der Waals surface area contributed by atoms with E-state index in [9.17, 15) is 4.79 Å². The summed E-state index contributed by atoms with van der Waals surface area (Å²) in [5.41, 5.74) is 2.62. The second-order valence-electron chi connectivity index (χ2n) is 5.10. The molecule has 1 aromatic carbocycles. The van der Waals surface area contributed by atoms with E-state index >= 15 is 0 Å². The molecule has 2 aromatic rings. The van der Waals surface area contributed by atoms with Crippen molar-refractivity contribution in [3.63, 3.8) is 0 Å². The topological polar surface area (TPSA) is 61.6 Å². The second kappa shape index (κ2) is 6.10. The molecule has 1 aromatic heterocycles. The van der Waals surface area contributed by atoms with Crippen molar-refractivity contribution in [1.82, 2.24) is 5.16 Å². The van der Waals surface area contributed by atoms with Gasteiger partial charge in [-0.1, -0.05) is 5.16 Å². The van der Waals surface area contributed by atoms with Crippen molar-refractivity contribution in [2.24, 2.45) is 0 Å². The van der Waals surface area contributed by atoms with E-state index in [0.29, 0.717) is 25.4 Å². The highest BCUT2D eigenvalue weighted by Crippen LogP contribution is 2.25. The van der Waals surface area contributed by atoms with Crippen LogP contribution in [0.4, 0.5) is 0 Å². The summed E-state index contributed by atoms with van der Waals surface area (Å²) < 4.78 is 15.8. The molecule has 1 aliphatic rings. The van der Waals surface area contributed by atoms with E-state index in [-0.39, 0.29) is 5.78 Å². The van der Waals surface area contributed by atoms with Crippen LogP contribution < -0.4 is 4.74 Å². The molecule has 1 heterocycles. The van der Waals surface area contributed by atoms with E-state index in [1.165, 1.54) is 0 Å². The highest BCUT2D eigenvalue weighted by molar-refractivity contribution is 5.98. The molecule has 0 radical (unpaired) electrons. The number of carbonyl (C=O) groups is 1. The van der Waals surface area contributed by atoms with Gasteiger partial charge >= 0.3 is 0 Å². The molecular formula is C16H17NO4. The number of carbonyl (C=O) groups excluding carboxylic acids is 1. The number of aryl methyl sites for hydroxylation is 1. The maximum atomic E-state index is 11.8. The van der Waals surface area contributed by atoms with Crippen LogP contribution in [-0.4, -0.2) is 18.0 Å². The van der Waals surface area contributed by atoms with Gasteiger partial charge in [-0.2, -0.15) is 0 Å². The van der Waals surface area contributed by atoms with Crippen LogP contribution in [0.5, 0.6) is 5.75 Å². The Morgan fingerprint density at radius 2 is 2.14 bits per heavy atom. The minimum absolute atomic E-state index is 0.225. The Morgan fingerprint density at radius 1 is 1.24 bits per heavy atom. The van der Waals surface area contributed by atoms with E-state index in [1.54, 1.807) is 7.11 Å². The van der Waals surface area contributed by atoms with Gasteiger partial charge in [-0.3, -0.25) is 4.79 Å². The van der Waals surface area contributed by atoms with E-state index in [4.69, 9.17) is 14.0 Å². The third-order valence-corrected chi connectivity index (χ3v) is 3.51. The molecule has 0 aliphatic heterocycles. The summed E-state index contributed by atoms with van der Waals surface area (Å²) in [4.78, 5) is 11.8. The predicted molar refractivity (Wildman–Crippen MR) is 75.3 cm³/mol. The first-order valence-corrected chi connectivity index (χ1v) is 6.98. The fourth-order valence-corrected chi connectivity index (χ4v) is 2.50. The van der Waals surface area contributed by atoms with E-state index in [0.717, 1.165) is 35.4 Å². The normalized spacial score (nSPS) is 14.0. The first-order chi connectivity index (χ1) is 10.3. The van der Waals surface area contributed by atoms with Crippen molar-refractivity contribution in [3.8, 4) is 5.75 Å². The van der Waals surface area contributed by atoms with Gasteiger partial charge in [0.05, 0.1) is 0 Å². The number of ketones is 1. The van der Waals surface area contributed by atoms with E-state index in [1.807, 2.05) is 24.3 Å². The highest BCUT2D eigenvalue weighted by Gasteiger charge is 2.17. The number of ether oxygens (including phenoxy) is 2. The average molecular weight is 287 g/mol. The molecule has 0 unspecified atom stereocenters. The Balaban J connectivity index is 1.66. The molecule has 0 atom stereocenters. The maximum absolute atomic E-state index is 11.8. The Hall–Kier alpha value is -2.14. The Morgan fingerprint density at radius 3 is 3.00 bits per heavy atom. The van der Waals surface area contributed by atoms with Crippen LogP contribution in [0.3, 0.4) is 0 Å². The van der Waals surface area contributed by atoms with Crippen LogP contribution >= 0.6 is 0 Å². The first kappa shape index (κ1) is 13.8. The van der Waals surface area contributed by atoms with Gasteiger partial charge in [-0.05, 0) is 36.6 Å². The summed E-state index contributed by atoms with van der Waals surface area (Å²) in [6.07, 6.45) is 2.49. The summed E-state index contributed by atoms with van der Waals surface area (Å²) in [6.45, 7) is 0.730. The van der Waals surface area contributed by atoms with Crippen molar-refractivity contribution in [2.45, 2.75) is 32.5 Å². The smallest absolute Gasteiger partial charge is 0.163 e. The lowest BCUT2D eigenvalue weighted by atomic mass is 9.90. The van der Waals surface area contributed by atoms with Crippen molar-refractivity contribution in [1.29, 1.82) is 0 Å². The monoisotopic (exact) mass is 287 g/mol. The lowest BCUT2D eigenvalue weighted by molar-refractivity contribution is 0.0972. The molecule has 5 heteroatoms. The zero-order valence-corrected chi connectivity index (χ0v) is 11.9. The molecule has 0 N–H and O–H groups in total. The molecule has 0 saturated carbocycles. The van der Waals surface area contributed by atoms with Crippen LogP contribution in [0.25, 0.3) is 0 Å². The number of methoxy groups -OCH3 is 1. The van der Waals surface area contributed by atoms with Crippen molar-refractivity contribution in [2.75, 3.05) is 7.11 Å². The van der Waals surface area contributed by atoms with Crippen LogP contribution in [-0.2, 0) is 24.4 Å². The Kier molecular flexibility index (Phi) is 4.01. The molecule has 0 bridgehead atoms. The van der Waals surface area contributed by atoms with Crippen LogP contribution in [0.2, 0.25) is 0 Å². The van der Waals surface area contributed by atoms with Gasteiger partial charge in [0.1, 0.15) is 24.7 Å². The van der Waals surface area contributed by atoms with Gasteiger partial charge in [-0.15, -0.1) is 0 Å². The molecule has 21 heavy (non-hydrogen) atoms. The number of hydrogen-bond donors (Lipinski definition) is 0. The SMILES string of the molecule is COCc1cc(COc2ccc3c(c2)CCCC3=O)no1. The predicted octanol–water partition coefficient (Wildman–Crippen LogP) is 2.92. The van der Waals surface area contributed by atoms with Crippen LogP contribution in [0.15, 0.2) is 28.8 Å². The molecule has 3 rings (SSSR count). The Bertz CT molecular complexity index is 647. The number of aromatic nitrogens is 1. The van der Waals surface area contributed by atoms with Gasteiger partial charge in [-0.25, -0.2) is 0 Å². The quantitative estimate of drug-likeness (QED) is 0.846. The largest absolute Gasteiger partial charge is 0.487 e. The lowest BCUT2D eigenvalue weighted by Gasteiger charge is -2.15. The molecular weight excluding hydrogens is 270 g/mol. The summed E-state index contributed by atoms with van der Waals surface area (Å²) in [6, 6.07) is 7.44. The number of benzene rings is 1. The minimum atomic E-state index is 0.225. The number of rotatable bonds is 5. The fraction of sp³-hybridized carbons (Fsp3) is 0.375. The third-order valence-electron chi connectivity index (χ3n) is 3.51. The van der Waals surface area contributed by atoms with Crippen molar-refractivity contribution < 1.29 is 18.8 Å². The van der Waals surface area contributed by atoms with Gasteiger partial charge in [0.25, 0.3) is 0 Å². The third kappa shape index (κ3) is 3.13. The van der Waals surface area contributed by atoms with Gasteiger partial charge in [0.2, 0.25) is 0 Å². The van der Waals surface area contributed by atoms with E-state index in [2.05, 4.69) is 5.16 Å². The Labute approximate surface area is 122 Å². The lowest BCUT2D eigenvalue weighted by Crippen LogP contribution is -2.10. The minimum Gasteiger partial charge on any atom is -0.487 e. The number of hydrogen-bond acceptors (Lipinski definition) is 5. The average Bonchev–Trinajstić information content (AvgIpc) is 2.93. The summed E-state index contributed by atoms with van der Waals surface area (Å²) in [7, 11) is 1.60. The van der Waals surface area contributed by atoms with Gasteiger partial charge < -0.3 is 14.0 Å². The van der Waals surface area contributed by atoms with Gasteiger partial charge in [0.15, 0.2) is 11.5 Å². The highest BCUT2D eigenvalue weighted by atomic mass is 16.5. The van der Waals surface area contributed by atoms with Crippen LogP contribution in [0.1, 0.15) is 40.2 Å². The fourth-order valence-electron chi connectivity index (χ4n) is 2.50. The molecule has 0 spiro atoms. The van der Waals surface area contributed by atoms with Crippen molar-refractivity contribution >= 4 is 5.78 Å². The number of fused-ring (bicyclic) bond motifs is 1. The molecule has 5 nitrogen and oxygen atoms in total. The maximum Gasteiger partial charge on any atom is 0.163 e. The molecule has 1 aliphatic carbocycles. The number of nitrogens with zero attached hydrogens (tertiary/aromatic N) is 1. The zero-order chi connectivity index (χ0) is 14.7. The van der Waals surface area contributed by atoms with Crippen LogP contribution in [0, 0.1) is 0 Å². The molecule has 0 saturated heterocycles. The number of Topliss-reactive ketones (excluding diaryl/α,β-unsaturated/α-hetero) is 1. The first-order valence-electron chi connectivity index (χ1n) is 6.98. The van der Waals surface area contributed by atoms with Crippen molar-refractivity contribution in [3.05, 3.63) is 46.8 Å². The molecule has 110 valence electrons. The second-order valence-corrected chi connectivity index (χ2v) is 5.10. The summed E-state index contributed by atoms with van der Waals surface area (Å²) in [5.74, 6) is 1.65.